The number of likely N-dealkylation sites (tertiary alicyclic amines) is 1. The summed E-state index contributed by atoms with van der Waals surface area (Å²) in [6.45, 7) is 4.73. The summed E-state index contributed by atoms with van der Waals surface area (Å²) in [4.78, 5) is 14.5. The molecule has 118 valence electrons. The first-order valence-electron chi connectivity index (χ1n) is 7.94. The molecule has 0 N–H and O–H groups in total. The number of aromatic nitrogens is 3. The Morgan fingerprint density at radius 3 is 3.18 bits per heavy atom. The lowest BCUT2D eigenvalue weighted by Crippen LogP contribution is -2.40. The number of hydrogen-bond donors (Lipinski definition) is 0. The molecule has 3 heterocycles. The van der Waals surface area contributed by atoms with Gasteiger partial charge in [-0.15, -0.1) is 10.2 Å². The van der Waals surface area contributed by atoms with Crippen LogP contribution < -0.4 is 0 Å². The number of aryl methyl sites for hydroxylation is 1. The maximum atomic E-state index is 12.5. The molecule has 6 heteroatoms. The molecule has 1 aliphatic rings. The van der Waals surface area contributed by atoms with E-state index in [-0.39, 0.29) is 5.91 Å². The first-order valence-corrected chi connectivity index (χ1v) is 8.88. The van der Waals surface area contributed by atoms with Crippen LogP contribution in [0.1, 0.15) is 43.5 Å². The van der Waals surface area contributed by atoms with Gasteiger partial charge in [0, 0.05) is 25.6 Å². The number of carbonyl (C=O) groups excluding carboxylic acids is 1. The van der Waals surface area contributed by atoms with Crippen molar-refractivity contribution in [1.29, 1.82) is 0 Å². The average molecular weight is 318 g/mol. The summed E-state index contributed by atoms with van der Waals surface area (Å²) in [5.74, 6) is 1.58. The smallest absolute Gasteiger partial charge is 0.227 e. The van der Waals surface area contributed by atoms with E-state index in [1.165, 1.54) is 0 Å². The fourth-order valence-electron chi connectivity index (χ4n) is 3.09. The van der Waals surface area contributed by atoms with Gasteiger partial charge in [0.05, 0.1) is 6.42 Å². The highest BCUT2D eigenvalue weighted by molar-refractivity contribution is 7.07. The quantitative estimate of drug-likeness (QED) is 0.851. The Balaban J connectivity index is 1.66. The Morgan fingerprint density at radius 2 is 2.41 bits per heavy atom. The van der Waals surface area contributed by atoms with Crippen LogP contribution in [0.3, 0.4) is 0 Å². The van der Waals surface area contributed by atoms with Gasteiger partial charge in [-0.3, -0.25) is 4.79 Å². The van der Waals surface area contributed by atoms with Crippen molar-refractivity contribution in [1.82, 2.24) is 19.7 Å². The summed E-state index contributed by atoms with van der Waals surface area (Å²) in [5, 5.41) is 12.4. The second-order valence-corrected chi connectivity index (χ2v) is 6.65. The number of hydrogen-bond acceptors (Lipinski definition) is 4. The van der Waals surface area contributed by atoms with Crippen LogP contribution in [0.15, 0.2) is 23.2 Å². The van der Waals surface area contributed by atoms with Crippen molar-refractivity contribution < 1.29 is 4.79 Å². The molecule has 3 rings (SSSR count). The van der Waals surface area contributed by atoms with E-state index in [1.54, 1.807) is 11.3 Å². The van der Waals surface area contributed by atoms with E-state index in [2.05, 4.69) is 27.1 Å². The molecule has 0 saturated carbocycles. The molecule has 0 aliphatic carbocycles. The molecule has 5 nitrogen and oxygen atoms in total. The highest BCUT2D eigenvalue weighted by Crippen LogP contribution is 2.26. The Bertz CT molecular complexity index is 607. The third kappa shape index (κ3) is 3.38. The van der Waals surface area contributed by atoms with Crippen molar-refractivity contribution in [2.45, 2.75) is 45.1 Å². The first kappa shape index (κ1) is 15.2. The van der Waals surface area contributed by atoms with Crippen molar-refractivity contribution in [3.63, 3.8) is 0 Å². The molecule has 0 radical (unpaired) electrons. The molecular formula is C16H22N4OS. The molecule has 1 aliphatic heterocycles. The Morgan fingerprint density at radius 1 is 1.50 bits per heavy atom. The van der Waals surface area contributed by atoms with Crippen molar-refractivity contribution in [3.8, 4) is 0 Å². The van der Waals surface area contributed by atoms with E-state index in [4.69, 9.17) is 0 Å². The molecule has 22 heavy (non-hydrogen) atoms. The predicted octanol–water partition coefficient (Wildman–Crippen LogP) is 2.70. The number of nitrogens with zero attached hydrogens (tertiary/aromatic N) is 4. The third-order valence-electron chi connectivity index (χ3n) is 4.18. The van der Waals surface area contributed by atoms with Crippen molar-refractivity contribution in [2.75, 3.05) is 13.1 Å². The molecule has 2 aromatic rings. The summed E-state index contributed by atoms with van der Waals surface area (Å²) in [6.07, 6.45) is 5.52. The lowest BCUT2D eigenvalue weighted by atomic mass is 9.96. The fourth-order valence-corrected chi connectivity index (χ4v) is 3.76. The van der Waals surface area contributed by atoms with Crippen molar-refractivity contribution >= 4 is 17.2 Å². The number of carbonyl (C=O) groups is 1. The zero-order chi connectivity index (χ0) is 15.4. The largest absolute Gasteiger partial charge is 0.342 e. The van der Waals surface area contributed by atoms with Gasteiger partial charge >= 0.3 is 0 Å². The van der Waals surface area contributed by atoms with Gasteiger partial charge in [0.1, 0.15) is 12.2 Å². The SMILES string of the molecule is CCCn1cnnc1[C@@H]1CCCN(C(=O)Cc2ccsc2)C1. The topological polar surface area (TPSA) is 51.0 Å². The second kappa shape index (κ2) is 7.05. The molecular weight excluding hydrogens is 296 g/mol. The summed E-state index contributed by atoms with van der Waals surface area (Å²) in [7, 11) is 0. The fraction of sp³-hybridized carbons (Fsp3) is 0.562. The van der Waals surface area contributed by atoms with Crippen molar-refractivity contribution in [3.05, 3.63) is 34.5 Å². The molecule has 1 amide bonds. The number of amides is 1. The minimum atomic E-state index is 0.227. The normalized spacial score (nSPS) is 18.6. The maximum absolute atomic E-state index is 12.5. The molecule has 0 bridgehead atoms. The lowest BCUT2D eigenvalue weighted by molar-refractivity contribution is -0.131. The summed E-state index contributed by atoms with van der Waals surface area (Å²) < 4.78 is 2.14. The molecule has 1 fully saturated rings. The van der Waals surface area contributed by atoms with Crippen LogP contribution in [0.25, 0.3) is 0 Å². The van der Waals surface area contributed by atoms with E-state index in [9.17, 15) is 4.79 Å². The van der Waals surface area contributed by atoms with Crippen LogP contribution in [0.4, 0.5) is 0 Å². The Labute approximate surface area is 135 Å². The average Bonchev–Trinajstić information content (AvgIpc) is 3.19. The van der Waals surface area contributed by atoms with E-state index < -0.39 is 0 Å². The number of rotatable bonds is 5. The van der Waals surface area contributed by atoms with Gasteiger partial charge in [-0.1, -0.05) is 6.92 Å². The van der Waals surface area contributed by atoms with E-state index in [1.807, 2.05) is 22.7 Å². The molecule has 0 aromatic carbocycles. The number of thiophene rings is 1. The zero-order valence-corrected chi connectivity index (χ0v) is 13.8. The number of piperidine rings is 1. The van der Waals surface area contributed by atoms with Crippen LogP contribution in [0.5, 0.6) is 0 Å². The summed E-state index contributed by atoms with van der Waals surface area (Å²) >= 11 is 1.64. The van der Waals surface area contributed by atoms with Gasteiger partial charge in [0.15, 0.2) is 0 Å². The molecule has 0 unspecified atom stereocenters. The van der Waals surface area contributed by atoms with Gasteiger partial charge < -0.3 is 9.47 Å². The minimum Gasteiger partial charge on any atom is -0.342 e. The van der Waals surface area contributed by atoms with Gasteiger partial charge in [-0.2, -0.15) is 11.3 Å². The zero-order valence-electron chi connectivity index (χ0n) is 12.9. The van der Waals surface area contributed by atoms with Gasteiger partial charge in [-0.05, 0) is 41.7 Å². The Hall–Kier alpha value is -1.69. The predicted molar refractivity (Wildman–Crippen MR) is 86.9 cm³/mol. The lowest BCUT2D eigenvalue weighted by Gasteiger charge is -2.32. The highest BCUT2D eigenvalue weighted by Gasteiger charge is 2.27. The molecule has 1 saturated heterocycles. The standard InChI is InChI=1S/C16H22N4OS/c1-2-6-20-12-17-18-16(20)14-4-3-7-19(10-14)15(21)9-13-5-8-22-11-13/h5,8,11-12,14H,2-4,6-7,9-10H2,1H3/t14-/m1/s1. The van der Waals surface area contributed by atoms with Gasteiger partial charge in [0.2, 0.25) is 5.91 Å². The van der Waals surface area contributed by atoms with Gasteiger partial charge in [0.25, 0.3) is 0 Å². The van der Waals surface area contributed by atoms with Crippen molar-refractivity contribution in [2.24, 2.45) is 0 Å². The van der Waals surface area contributed by atoms with E-state index in [0.717, 1.165) is 50.3 Å². The van der Waals surface area contributed by atoms with Crippen LogP contribution >= 0.6 is 11.3 Å². The third-order valence-corrected chi connectivity index (χ3v) is 4.92. The van der Waals surface area contributed by atoms with Gasteiger partial charge in [-0.25, -0.2) is 0 Å². The van der Waals surface area contributed by atoms with E-state index in [0.29, 0.717) is 12.3 Å². The van der Waals surface area contributed by atoms with Crippen LogP contribution in [0.2, 0.25) is 0 Å². The minimum absolute atomic E-state index is 0.227. The van der Waals surface area contributed by atoms with E-state index >= 15 is 0 Å². The Kier molecular flexibility index (Phi) is 4.87. The first-order chi connectivity index (χ1) is 10.8. The van der Waals surface area contributed by atoms with Crippen LogP contribution in [0, 0.1) is 0 Å². The maximum Gasteiger partial charge on any atom is 0.227 e. The molecule has 1 atom stereocenters. The molecule has 0 spiro atoms. The second-order valence-electron chi connectivity index (χ2n) is 5.87. The molecule has 2 aromatic heterocycles. The van der Waals surface area contributed by atoms with Crippen LogP contribution in [-0.2, 0) is 17.8 Å². The monoisotopic (exact) mass is 318 g/mol. The van der Waals surface area contributed by atoms with Crippen LogP contribution in [-0.4, -0.2) is 38.7 Å². The summed E-state index contributed by atoms with van der Waals surface area (Å²) in [5.41, 5.74) is 1.12. The highest BCUT2D eigenvalue weighted by atomic mass is 32.1. The summed E-state index contributed by atoms with van der Waals surface area (Å²) in [6, 6.07) is 2.03.